The number of amides is 3. The molecule has 3 N–H and O–H groups in total. The monoisotopic (exact) mass is 526 g/mol. The van der Waals surface area contributed by atoms with Crippen LogP contribution in [0.1, 0.15) is 55.2 Å². The molecule has 3 heterocycles. The fraction of sp³-hybridized carbons (Fsp3) is 0.393. The fourth-order valence-electron chi connectivity index (χ4n) is 5.71. The summed E-state index contributed by atoms with van der Waals surface area (Å²) < 4.78 is 39.3. The smallest absolute Gasteiger partial charge is 0.351 e. The minimum Gasteiger partial charge on any atom is -0.351 e. The number of aromatic amines is 1. The second-order valence-electron chi connectivity index (χ2n) is 10.7. The third-order valence-electron chi connectivity index (χ3n) is 7.53. The van der Waals surface area contributed by atoms with E-state index in [9.17, 15) is 27.6 Å². The van der Waals surface area contributed by atoms with Crippen LogP contribution in [-0.2, 0) is 21.2 Å². The topological polar surface area (TPSA) is 94.3 Å². The number of fused-ring (bicyclic) bond motifs is 3. The van der Waals surface area contributed by atoms with Crippen molar-refractivity contribution in [1.29, 1.82) is 0 Å². The predicted molar refractivity (Wildman–Crippen MR) is 137 cm³/mol. The lowest BCUT2D eigenvalue weighted by atomic mass is 9.80. The van der Waals surface area contributed by atoms with Gasteiger partial charge in [-0.05, 0) is 61.6 Å². The number of carbonyl (C=O) groups is 3. The molecule has 2 aliphatic heterocycles. The normalized spacial score (nSPS) is 21.7. The first-order chi connectivity index (χ1) is 17.9. The van der Waals surface area contributed by atoms with Crippen molar-refractivity contribution in [2.24, 2.45) is 5.92 Å². The van der Waals surface area contributed by atoms with Gasteiger partial charge in [-0.25, -0.2) is 0 Å². The van der Waals surface area contributed by atoms with E-state index in [1.807, 2.05) is 45.0 Å². The number of hydrogen-bond donors (Lipinski definition) is 3. The largest absolute Gasteiger partial charge is 0.416 e. The van der Waals surface area contributed by atoms with Crippen molar-refractivity contribution < 1.29 is 27.6 Å². The number of H-pyrrole nitrogens is 1. The molecule has 2 aliphatic rings. The molecule has 0 saturated carbocycles. The average molecular weight is 527 g/mol. The number of nitrogens with one attached hydrogen (secondary N) is 3. The minimum absolute atomic E-state index is 0.0657. The van der Waals surface area contributed by atoms with Crippen molar-refractivity contribution in [3.63, 3.8) is 0 Å². The van der Waals surface area contributed by atoms with Crippen LogP contribution in [-0.4, -0.2) is 46.2 Å². The molecule has 1 spiro atoms. The standard InChI is InChI=1S/C28H29F3N4O3/c1-15(2)10-23(33-24(36)22-12-17-11-18(28(29,30)31)8-9-20(17)32-22)25(37)35-14-27(13-16(35)3)19-6-4-5-7-21(19)34-26(27)38/h4-9,11-12,15-16,23,32H,10,13-14H2,1-3H3,(H,33,36)(H,34,38)/t16-,23+,27+/m1/s1. The highest BCUT2D eigenvalue weighted by Gasteiger charge is 2.55. The van der Waals surface area contributed by atoms with Crippen LogP contribution in [0.15, 0.2) is 48.5 Å². The van der Waals surface area contributed by atoms with E-state index >= 15 is 0 Å². The molecule has 38 heavy (non-hydrogen) atoms. The summed E-state index contributed by atoms with van der Waals surface area (Å²) in [4.78, 5) is 44.5. The first-order valence-corrected chi connectivity index (χ1v) is 12.6. The van der Waals surface area contributed by atoms with Crippen LogP contribution in [0, 0.1) is 5.92 Å². The Morgan fingerprint density at radius 1 is 1.16 bits per heavy atom. The van der Waals surface area contributed by atoms with E-state index in [1.165, 1.54) is 12.1 Å². The number of aromatic nitrogens is 1. The van der Waals surface area contributed by atoms with Gasteiger partial charge in [-0.2, -0.15) is 13.2 Å². The maximum atomic E-state index is 13.8. The van der Waals surface area contributed by atoms with E-state index in [4.69, 9.17) is 0 Å². The summed E-state index contributed by atoms with van der Waals surface area (Å²) >= 11 is 0. The van der Waals surface area contributed by atoms with E-state index in [0.717, 1.165) is 23.4 Å². The van der Waals surface area contributed by atoms with Crippen molar-refractivity contribution in [1.82, 2.24) is 15.2 Å². The number of halogens is 3. The van der Waals surface area contributed by atoms with Crippen molar-refractivity contribution in [2.75, 3.05) is 11.9 Å². The van der Waals surface area contributed by atoms with Crippen LogP contribution < -0.4 is 10.6 Å². The van der Waals surface area contributed by atoms with Gasteiger partial charge >= 0.3 is 6.18 Å². The third kappa shape index (κ3) is 4.41. The Balaban J connectivity index is 1.38. The molecule has 200 valence electrons. The molecule has 0 bridgehead atoms. The van der Waals surface area contributed by atoms with Gasteiger partial charge in [0.05, 0.1) is 11.0 Å². The Hall–Kier alpha value is -3.82. The molecule has 0 unspecified atom stereocenters. The summed E-state index contributed by atoms with van der Waals surface area (Å²) in [6, 6.07) is 10.9. The molecule has 0 aliphatic carbocycles. The molecule has 5 rings (SSSR count). The Kier molecular flexibility index (Phi) is 6.24. The maximum Gasteiger partial charge on any atom is 0.416 e. The van der Waals surface area contributed by atoms with Gasteiger partial charge in [0.15, 0.2) is 0 Å². The average Bonchev–Trinajstić information content (AvgIpc) is 3.51. The Bertz CT molecular complexity index is 1430. The van der Waals surface area contributed by atoms with E-state index in [2.05, 4.69) is 15.6 Å². The molecule has 3 amide bonds. The van der Waals surface area contributed by atoms with Gasteiger partial charge in [-0.3, -0.25) is 14.4 Å². The molecule has 1 saturated heterocycles. The molecule has 2 aromatic carbocycles. The van der Waals surface area contributed by atoms with E-state index in [0.29, 0.717) is 18.4 Å². The second kappa shape index (κ2) is 9.18. The van der Waals surface area contributed by atoms with Gasteiger partial charge in [0.2, 0.25) is 11.8 Å². The van der Waals surface area contributed by atoms with Crippen LogP contribution in [0.4, 0.5) is 18.9 Å². The van der Waals surface area contributed by atoms with Crippen LogP contribution in [0.5, 0.6) is 0 Å². The summed E-state index contributed by atoms with van der Waals surface area (Å²) in [7, 11) is 0. The number of benzene rings is 2. The van der Waals surface area contributed by atoms with Crippen molar-refractivity contribution in [3.8, 4) is 0 Å². The highest BCUT2D eigenvalue weighted by atomic mass is 19.4. The predicted octanol–water partition coefficient (Wildman–Crippen LogP) is 4.84. The molecule has 7 nitrogen and oxygen atoms in total. The minimum atomic E-state index is -4.50. The third-order valence-corrected chi connectivity index (χ3v) is 7.53. The lowest BCUT2D eigenvalue weighted by Crippen LogP contribution is -2.51. The zero-order valence-electron chi connectivity index (χ0n) is 21.3. The van der Waals surface area contributed by atoms with Crippen LogP contribution in [0.2, 0.25) is 0 Å². The molecule has 3 aromatic rings. The molecule has 1 fully saturated rings. The molecular formula is C28H29F3N4O3. The highest BCUT2D eigenvalue weighted by Crippen LogP contribution is 2.46. The maximum absolute atomic E-state index is 13.8. The van der Waals surface area contributed by atoms with Gasteiger partial charge in [-0.1, -0.05) is 32.0 Å². The van der Waals surface area contributed by atoms with Gasteiger partial charge in [0, 0.05) is 29.2 Å². The lowest BCUT2D eigenvalue weighted by Gasteiger charge is -2.29. The molecule has 1 aromatic heterocycles. The van der Waals surface area contributed by atoms with E-state index in [-0.39, 0.29) is 41.4 Å². The highest BCUT2D eigenvalue weighted by molar-refractivity contribution is 6.07. The van der Waals surface area contributed by atoms with Crippen molar-refractivity contribution >= 4 is 34.3 Å². The second-order valence-corrected chi connectivity index (χ2v) is 10.7. The lowest BCUT2D eigenvalue weighted by molar-refractivity contribution is -0.137. The Morgan fingerprint density at radius 3 is 2.61 bits per heavy atom. The summed E-state index contributed by atoms with van der Waals surface area (Å²) in [6.07, 6.45) is -3.67. The zero-order chi connectivity index (χ0) is 27.4. The summed E-state index contributed by atoms with van der Waals surface area (Å²) in [5, 5.41) is 5.97. The van der Waals surface area contributed by atoms with Gasteiger partial charge in [-0.15, -0.1) is 0 Å². The number of nitrogens with zero attached hydrogens (tertiary/aromatic N) is 1. The first kappa shape index (κ1) is 25.8. The molecule has 10 heteroatoms. The molecule has 0 radical (unpaired) electrons. The number of para-hydroxylation sites is 1. The zero-order valence-corrected chi connectivity index (χ0v) is 21.3. The van der Waals surface area contributed by atoms with Crippen LogP contribution in [0.3, 0.4) is 0 Å². The summed E-state index contributed by atoms with van der Waals surface area (Å²) in [5.41, 5.74) is 0.419. The molecular weight excluding hydrogens is 497 g/mol. The van der Waals surface area contributed by atoms with E-state index < -0.39 is 29.1 Å². The Morgan fingerprint density at radius 2 is 1.89 bits per heavy atom. The number of anilines is 1. The number of carbonyl (C=O) groups excluding carboxylic acids is 3. The SMILES string of the molecule is CC(C)C[C@H](NC(=O)c1cc2cc(C(F)(F)F)ccc2[nH]1)C(=O)N1C[C@]2(C[C@H]1C)C(=O)Nc1ccccc12. The van der Waals surface area contributed by atoms with Crippen LogP contribution >= 0.6 is 0 Å². The number of likely N-dealkylation sites (tertiary alicyclic amines) is 1. The quantitative estimate of drug-likeness (QED) is 0.444. The summed E-state index contributed by atoms with van der Waals surface area (Å²) in [6.45, 7) is 5.96. The first-order valence-electron chi connectivity index (χ1n) is 12.6. The van der Waals surface area contributed by atoms with Crippen LogP contribution in [0.25, 0.3) is 10.9 Å². The summed E-state index contributed by atoms with van der Waals surface area (Å²) in [5.74, 6) is -0.936. The van der Waals surface area contributed by atoms with E-state index in [1.54, 1.807) is 4.90 Å². The fourth-order valence-corrected chi connectivity index (χ4v) is 5.71. The number of alkyl halides is 3. The number of rotatable bonds is 5. The van der Waals surface area contributed by atoms with Gasteiger partial charge in [0.1, 0.15) is 11.7 Å². The van der Waals surface area contributed by atoms with Crippen molar-refractivity contribution in [3.05, 3.63) is 65.4 Å². The van der Waals surface area contributed by atoms with Gasteiger partial charge < -0.3 is 20.5 Å². The van der Waals surface area contributed by atoms with Gasteiger partial charge in [0.25, 0.3) is 5.91 Å². The Labute approximate surface area is 217 Å². The number of hydrogen-bond acceptors (Lipinski definition) is 3. The van der Waals surface area contributed by atoms with Crippen molar-refractivity contribution in [2.45, 2.75) is 57.3 Å². The molecule has 3 atom stereocenters.